The Morgan fingerprint density at radius 2 is 2.00 bits per heavy atom. The summed E-state index contributed by atoms with van der Waals surface area (Å²) in [5.41, 5.74) is 1.40. The number of hydrogen-bond acceptors (Lipinski definition) is 2. The minimum absolute atomic E-state index is 0.490. The molecule has 1 N–H and O–H groups in total. The van der Waals surface area contributed by atoms with Crippen molar-refractivity contribution in [1.29, 1.82) is 5.41 Å². The molecule has 0 fully saturated rings. The maximum atomic E-state index is 7.81. The van der Waals surface area contributed by atoms with Gasteiger partial charge < -0.3 is 10.1 Å². The molecule has 2 nitrogen and oxygen atoms in total. The maximum Gasteiger partial charge on any atom is 0.0974 e. The van der Waals surface area contributed by atoms with Gasteiger partial charge in [0.2, 0.25) is 0 Å². The summed E-state index contributed by atoms with van der Waals surface area (Å²) >= 11 is 0. The van der Waals surface area contributed by atoms with E-state index in [4.69, 9.17) is 10.1 Å². The molecule has 0 aliphatic rings. The Balaban J connectivity index is 2.82. The summed E-state index contributed by atoms with van der Waals surface area (Å²) in [6.07, 6.45) is 2.57. The van der Waals surface area contributed by atoms with Crippen LogP contribution in [-0.2, 0) is 4.74 Å². The summed E-state index contributed by atoms with van der Waals surface area (Å²) in [7, 11) is 1.63. The lowest BCUT2D eigenvalue weighted by Crippen LogP contribution is -1.97. The first kappa shape index (κ1) is 10.5. The average molecular weight is 189 g/mol. The van der Waals surface area contributed by atoms with Crippen LogP contribution >= 0.6 is 0 Å². The van der Waals surface area contributed by atoms with Crippen molar-refractivity contribution in [3.8, 4) is 0 Å². The van der Waals surface area contributed by atoms with E-state index in [2.05, 4.69) is 0 Å². The van der Waals surface area contributed by atoms with Crippen LogP contribution in [0.25, 0.3) is 0 Å². The van der Waals surface area contributed by atoms with Gasteiger partial charge in [0.25, 0.3) is 0 Å². The number of ether oxygens (including phenoxy) is 1. The zero-order valence-electron chi connectivity index (χ0n) is 8.58. The van der Waals surface area contributed by atoms with E-state index in [-0.39, 0.29) is 0 Å². The molecule has 0 radical (unpaired) electrons. The predicted octanol–water partition coefficient (Wildman–Crippen LogP) is 2.99. The Morgan fingerprint density at radius 1 is 1.36 bits per heavy atom. The second kappa shape index (κ2) is 5.22. The molecule has 0 saturated heterocycles. The van der Waals surface area contributed by atoms with Crippen LogP contribution in [0.1, 0.15) is 18.9 Å². The van der Waals surface area contributed by atoms with Crippen LogP contribution in [-0.4, -0.2) is 12.8 Å². The molecule has 0 saturated carbocycles. The quantitative estimate of drug-likeness (QED) is 0.573. The van der Waals surface area contributed by atoms with E-state index in [1.165, 1.54) is 0 Å². The Kier molecular flexibility index (Phi) is 3.92. The first-order chi connectivity index (χ1) is 6.77. The molecule has 2 heteroatoms. The standard InChI is InChI=1S/C12H15NO/c1-3-11(14-2)9-12(13)10-7-5-4-6-8-10/h4-9,13H,3H2,1-2H3/b11-9-,13-12?. The van der Waals surface area contributed by atoms with Crippen molar-refractivity contribution in [3.63, 3.8) is 0 Å². The van der Waals surface area contributed by atoms with Gasteiger partial charge in [0.15, 0.2) is 0 Å². The highest BCUT2D eigenvalue weighted by Gasteiger charge is 1.98. The summed E-state index contributed by atoms with van der Waals surface area (Å²) in [5.74, 6) is 0.832. The number of nitrogens with one attached hydrogen (secondary N) is 1. The van der Waals surface area contributed by atoms with Crippen molar-refractivity contribution in [2.45, 2.75) is 13.3 Å². The summed E-state index contributed by atoms with van der Waals surface area (Å²) < 4.78 is 5.11. The fraction of sp³-hybridized carbons (Fsp3) is 0.250. The number of rotatable bonds is 4. The van der Waals surface area contributed by atoms with E-state index in [0.717, 1.165) is 17.7 Å². The predicted molar refractivity (Wildman–Crippen MR) is 58.7 cm³/mol. The lowest BCUT2D eigenvalue weighted by atomic mass is 10.1. The Hall–Kier alpha value is -1.57. The van der Waals surface area contributed by atoms with Gasteiger partial charge in [-0.2, -0.15) is 0 Å². The highest BCUT2D eigenvalue weighted by molar-refractivity contribution is 6.06. The van der Waals surface area contributed by atoms with Gasteiger partial charge in [-0.05, 0) is 5.56 Å². The molecular formula is C12H15NO. The highest BCUT2D eigenvalue weighted by Crippen LogP contribution is 2.06. The topological polar surface area (TPSA) is 33.1 Å². The Labute approximate surface area is 84.7 Å². The molecule has 14 heavy (non-hydrogen) atoms. The largest absolute Gasteiger partial charge is 0.501 e. The summed E-state index contributed by atoms with van der Waals surface area (Å²) in [4.78, 5) is 0. The van der Waals surface area contributed by atoms with Crippen LogP contribution in [0, 0.1) is 5.41 Å². The van der Waals surface area contributed by atoms with Crippen molar-refractivity contribution >= 4 is 5.71 Å². The number of hydrogen-bond donors (Lipinski definition) is 1. The average Bonchev–Trinajstić information content (AvgIpc) is 2.26. The first-order valence-corrected chi connectivity index (χ1v) is 4.66. The first-order valence-electron chi connectivity index (χ1n) is 4.66. The van der Waals surface area contributed by atoms with Crippen LogP contribution in [0.2, 0.25) is 0 Å². The highest BCUT2D eigenvalue weighted by atomic mass is 16.5. The normalized spacial score (nSPS) is 11.1. The third-order valence-corrected chi connectivity index (χ3v) is 2.00. The van der Waals surface area contributed by atoms with Gasteiger partial charge in [0.1, 0.15) is 0 Å². The second-order valence-corrected chi connectivity index (χ2v) is 2.95. The molecule has 74 valence electrons. The molecule has 1 rings (SSSR count). The van der Waals surface area contributed by atoms with E-state index in [1.807, 2.05) is 37.3 Å². The molecule has 0 heterocycles. The van der Waals surface area contributed by atoms with Crippen molar-refractivity contribution in [2.75, 3.05) is 7.11 Å². The van der Waals surface area contributed by atoms with Crippen LogP contribution < -0.4 is 0 Å². The Bertz CT molecular complexity index is 321. The van der Waals surface area contributed by atoms with E-state index < -0.39 is 0 Å². The van der Waals surface area contributed by atoms with Crippen LogP contribution in [0.3, 0.4) is 0 Å². The Morgan fingerprint density at radius 3 is 2.50 bits per heavy atom. The fourth-order valence-corrected chi connectivity index (χ4v) is 1.17. The third kappa shape index (κ3) is 2.73. The lowest BCUT2D eigenvalue weighted by Gasteiger charge is -2.03. The second-order valence-electron chi connectivity index (χ2n) is 2.95. The SMILES string of the molecule is CC/C(=C/C(=N)c1ccccc1)OC. The number of benzene rings is 1. The van der Waals surface area contributed by atoms with Gasteiger partial charge in [-0.1, -0.05) is 37.3 Å². The smallest absolute Gasteiger partial charge is 0.0974 e. The molecule has 0 bridgehead atoms. The van der Waals surface area contributed by atoms with Crippen LogP contribution in [0.15, 0.2) is 42.2 Å². The number of allylic oxidation sites excluding steroid dienone is 2. The van der Waals surface area contributed by atoms with Gasteiger partial charge in [-0.25, -0.2) is 0 Å². The molecule has 0 aliphatic heterocycles. The molecule has 0 aromatic heterocycles. The molecule has 0 spiro atoms. The monoisotopic (exact) mass is 189 g/mol. The van der Waals surface area contributed by atoms with Crippen molar-refractivity contribution < 1.29 is 4.74 Å². The zero-order chi connectivity index (χ0) is 10.4. The maximum absolute atomic E-state index is 7.81. The van der Waals surface area contributed by atoms with Crippen LogP contribution in [0.4, 0.5) is 0 Å². The van der Waals surface area contributed by atoms with E-state index in [0.29, 0.717) is 5.71 Å². The van der Waals surface area contributed by atoms with Crippen molar-refractivity contribution in [2.24, 2.45) is 0 Å². The molecule has 0 aliphatic carbocycles. The minimum Gasteiger partial charge on any atom is -0.501 e. The van der Waals surface area contributed by atoms with Gasteiger partial charge >= 0.3 is 0 Å². The minimum atomic E-state index is 0.490. The zero-order valence-corrected chi connectivity index (χ0v) is 8.58. The molecule has 0 unspecified atom stereocenters. The number of methoxy groups -OCH3 is 1. The van der Waals surface area contributed by atoms with Crippen molar-refractivity contribution in [3.05, 3.63) is 47.7 Å². The van der Waals surface area contributed by atoms with Gasteiger partial charge in [-0.15, -0.1) is 0 Å². The van der Waals surface area contributed by atoms with Gasteiger partial charge in [0.05, 0.1) is 18.6 Å². The van der Waals surface area contributed by atoms with Crippen LogP contribution in [0.5, 0.6) is 0 Å². The van der Waals surface area contributed by atoms with Gasteiger partial charge in [-0.3, -0.25) is 0 Å². The lowest BCUT2D eigenvalue weighted by molar-refractivity contribution is 0.281. The van der Waals surface area contributed by atoms with E-state index in [9.17, 15) is 0 Å². The molecule has 1 aromatic carbocycles. The van der Waals surface area contributed by atoms with E-state index >= 15 is 0 Å². The molecule has 0 amide bonds. The molecule has 1 aromatic rings. The fourth-order valence-electron chi connectivity index (χ4n) is 1.17. The summed E-state index contributed by atoms with van der Waals surface area (Å²) in [6.45, 7) is 2.01. The van der Waals surface area contributed by atoms with Crippen molar-refractivity contribution in [1.82, 2.24) is 0 Å². The van der Waals surface area contributed by atoms with E-state index in [1.54, 1.807) is 13.2 Å². The van der Waals surface area contributed by atoms with Gasteiger partial charge in [0, 0.05) is 12.5 Å². The molecular weight excluding hydrogens is 174 g/mol. The molecule has 0 atom stereocenters. The summed E-state index contributed by atoms with van der Waals surface area (Å²) in [5, 5.41) is 7.81. The third-order valence-electron chi connectivity index (χ3n) is 2.00. The summed E-state index contributed by atoms with van der Waals surface area (Å²) in [6, 6.07) is 9.63.